The number of hydrogen-bond donors (Lipinski definition) is 2. The number of nitrogens with one attached hydrogen (secondary N) is 2. The summed E-state index contributed by atoms with van der Waals surface area (Å²) in [6.45, 7) is 5.61. The van der Waals surface area contributed by atoms with E-state index in [1.54, 1.807) is 36.6 Å². The van der Waals surface area contributed by atoms with E-state index in [0.29, 0.717) is 15.6 Å². The lowest BCUT2D eigenvalue weighted by Gasteiger charge is -2.21. The van der Waals surface area contributed by atoms with Crippen LogP contribution in [0.3, 0.4) is 0 Å². The van der Waals surface area contributed by atoms with Crippen LogP contribution in [0.25, 0.3) is 10.6 Å². The van der Waals surface area contributed by atoms with Crippen LogP contribution in [-0.2, 0) is 10.3 Å². The Kier molecular flexibility index (Phi) is 4.87. The van der Waals surface area contributed by atoms with Crippen molar-refractivity contribution in [3.63, 3.8) is 0 Å². The number of hydrazine groups is 1. The van der Waals surface area contributed by atoms with Gasteiger partial charge in [-0.3, -0.25) is 15.0 Å². The van der Waals surface area contributed by atoms with Gasteiger partial charge in [0.15, 0.2) is 0 Å². The van der Waals surface area contributed by atoms with Crippen LogP contribution in [0.15, 0.2) is 53.9 Å². The number of rotatable bonds is 4. The highest BCUT2D eigenvalue weighted by atomic mass is 32.1. The number of urea groups is 1. The lowest BCUT2D eigenvalue weighted by Crippen LogP contribution is -2.48. The van der Waals surface area contributed by atoms with Gasteiger partial charge < -0.3 is 5.32 Å². The van der Waals surface area contributed by atoms with E-state index in [2.05, 4.69) is 15.7 Å². The fourth-order valence-corrected chi connectivity index (χ4v) is 4.31. The molecule has 1 atom stereocenters. The molecule has 1 aliphatic rings. The molecular weight excluding hydrogens is 400 g/mol. The van der Waals surface area contributed by atoms with Gasteiger partial charge in [-0.1, -0.05) is 54.1 Å². The van der Waals surface area contributed by atoms with Crippen molar-refractivity contribution in [2.24, 2.45) is 0 Å². The predicted molar refractivity (Wildman–Crippen MR) is 114 cm³/mol. The molecule has 7 nitrogen and oxygen atoms in total. The summed E-state index contributed by atoms with van der Waals surface area (Å²) in [5.41, 5.74) is 5.05. The zero-order chi connectivity index (χ0) is 21.5. The van der Waals surface area contributed by atoms with Gasteiger partial charge in [0, 0.05) is 10.9 Å². The molecule has 1 aromatic heterocycles. The van der Waals surface area contributed by atoms with Crippen LogP contribution in [-0.4, -0.2) is 27.8 Å². The number of hydrogen-bond acceptors (Lipinski definition) is 5. The molecule has 1 aliphatic heterocycles. The number of amides is 4. The van der Waals surface area contributed by atoms with Gasteiger partial charge >= 0.3 is 6.03 Å². The molecule has 2 heterocycles. The summed E-state index contributed by atoms with van der Waals surface area (Å²) in [6, 6.07) is 14.2. The van der Waals surface area contributed by atoms with Gasteiger partial charge in [0.2, 0.25) is 0 Å². The highest BCUT2D eigenvalue weighted by molar-refractivity contribution is 7.13. The summed E-state index contributed by atoms with van der Waals surface area (Å²) in [4.78, 5) is 42.4. The van der Waals surface area contributed by atoms with Crippen molar-refractivity contribution in [3.8, 4) is 10.6 Å². The second kappa shape index (κ2) is 7.38. The molecule has 1 saturated heterocycles. The Morgan fingerprint density at radius 3 is 2.57 bits per heavy atom. The number of carbonyl (C=O) groups excluding carboxylic acids is 3. The zero-order valence-electron chi connectivity index (χ0n) is 16.7. The third-order valence-corrected chi connectivity index (χ3v) is 5.98. The van der Waals surface area contributed by atoms with Crippen molar-refractivity contribution >= 4 is 29.2 Å². The van der Waals surface area contributed by atoms with Crippen LogP contribution in [0, 0.1) is 13.8 Å². The Labute approximate surface area is 177 Å². The summed E-state index contributed by atoms with van der Waals surface area (Å²) in [7, 11) is 0. The topological polar surface area (TPSA) is 91.4 Å². The molecule has 0 aliphatic carbocycles. The molecule has 1 unspecified atom stereocenters. The number of thiazole rings is 1. The standard InChI is InChI=1S/C22H20N4O3S/c1-13-9-10-16(14(2)11-13)19-23-17(12-30-19)18(27)25-26-20(28)22(3,24-21(26)29)15-7-5-4-6-8-15/h4-12H,1-3H3,(H,24,29)(H,25,27). The minimum absolute atomic E-state index is 0.142. The molecule has 2 aromatic carbocycles. The Morgan fingerprint density at radius 1 is 1.13 bits per heavy atom. The van der Waals surface area contributed by atoms with E-state index in [4.69, 9.17) is 0 Å². The van der Waals surface area contributed by atoms with Gasteiger partial charge in [-0.05, 0) is 31.9 Å². The Balaban J connectivity index is 1.54. The second-order valence-electron chi connectivity index (χ2n) is 7.36. The fourth-order valence-electron chi connectivity index (χ4n) is 3.42. The van der Waals surface area contributed by atoms with Gasteiger partial charge in [-0.15, -0.1) is 11.3 Å². The second-order valence-corrected chi connectivity index (χ2v) is 8.22. The minimum Gasteiger partial charge on any atom is -0.318 e. The van der Waals surface area contributed by atoms with Crippen LogP contribution in [0.5, 0.6) is 0 Å². The third-order valence-electron chi connectivity index (χ3n) is 5.10. The van der Waals surface area contributed by atoms with Gasteiger partial charge in [0.05, 0.1) is 0 Å². The number of nitrogens with zero attached hydrogens (tertiary/aromatic N) is 2. The van der Waals surface area contributed by atoms with Crippen molar-refractivity contribution in [1.29, 1.82) is 0 Å². The Morgan fingerprint density at radius 2 is 1.87 bits per heavy atom. The molecule has 0 saturated carbocycles. The van der Waals surface area contributed by atoms with Crippen molar-refractivity contribution in [1.82, 2.24) is 20.7 Å². The van der Waals surface area contributed by atoms with Crippen molar-refractivity contribution in [3.05, 3.63) is 76.3 Å². The third kappa shape index (κ3) is 3.35. The van der Waals surface area contributed by atoms with Crippen LogP contribution in [0.4, 0.5) is 4.79 Å². The largest absolute Gasteiger partial charge is 0.344 e. The molecule has 1 fully saturated rings. The molecule has 30 heavy (non-hydrogen) atoms. The van der Waals surface area contributed by atoms with Crippen LogP contribution in [0.1, 0.15) is 34.1 Å². The predicted octanol–water partition coefficient (Wildman–Crippen LogP) is 3.54. The molecule has 4 amide bonds. The molecule has 3 aromatic rings. The summed E-state index contributed by atoms with van der Waals surface area (Å²) in [5, 5.41) is 5.67. The van der Waals surface area contributed by atoms with E-state index in [9.17, 15) is 14.4 Å². The maximum Gasteiger partial charge on any atom is 0.344 e. The molecule has 2 N–H and O–H groups in total. The smallest absolute Gasteiger partial charge is 0.318 e. The van der Waals surface area contributed by atoms with Gasteiger partial charge in [0.25, 0.3) is 11.8 Å². The number of carbonyl (C=O) groups is 3. The Hall–Kier alpha value is -3.52. The van der Waals surface area contributed by atoms with E-state index < -0.39 is 23.4 Å². The zero-order valence-corrected chi connectivity index (χ0v) is 17.5. The van der Waals surface area contributed by atoms with Crippen LogP contribution < -0.4 is 10.7 Å². The number of imide groups is 1. The fraction of sp³-hybridized carbons (Fsp3) is 0.182. The first kappa shape index (κ1) is 19.8. The summed E-state index contributed by atoms with van der Waals surface area (Å²) in [5.74, 6) is -1.18. The number of benzene rings is 2. The first-order chi connectivity index (χ1) is 14.3. The van der Waals surface area contributed by atoms with Gasteiger partial charge in [-0.2, -0.15) is 5.01 Å². The molecular formula is C22H20N4O3S. The van der Waals surface area contributed by atoms with Gasteiger partial charge in [-0.25, -0.2) is 9.78 Å². The molecule has 4 rings (SSSR count). The highest BCUT2D eigenvalue weighted by Crippen LogP contribution is 2.29. The maximum absolute atomic E-state index is 12.9. The SMILES string of the molecule is Cc1ccc(-c2nc(C(=O)NN3C(=O)NC(C)(c4ccccc4)C3=O)cs2)c(C)c1. The quantitative estimate of drug-likeness (QED) is 0.632. The molecule has 0 bridgehead atoms. The van der Waals surface area contributed by atoms with Crippen molar-refractivity contribution in [2.45, 2.75) is 26.3 Å². The number of aromatic nitrogens is 1. The lowest BCUT2D eigenvalue weighted by molar-refractivity contribution is -0.132. The van der Waals surface area contributed by atoms with Crippen molar-refractivity contribution in [2.75, 3.05) is 0 Å². The normalized spacial score (nSPS) is 18.4. The van der Waals surface area contributed by atoms with E-state index in [-0.39, 0.29) is 5.69 Å². The lowest BCUT2D eigenvalue weighted by atomic mass is 9.92. The monoisotopic (exact) mass is 420 g/mol. The Bertz CT molecular complexity index is 1160. The van der Waals surface area contributed by atoms with Gasteiger partial charge in [0.1, 0.15) is 16.2 Å². The first-order valence-electron chi connectivity index (χ1n) is 9.36. The van der Waals surface area contributed by atoms with E-state index in [1.165, 1.54) is 11.3 Å². The molecule has 0 spiro atoms. The van der Waals surface area contributed by atoms with Crippen LogP contribution in [0.2, 0.25) is 0 Å². The highest BCUT2D eigenvalue weighted by Gasteiger charge is 2.50. The molecule has 152 valence electrons. The summed E-state index contributed by atoms with van der Waals surface area (Å²) >= 11 is 1.33. The summed E-state index contributed by atoms with van der Waals surface area (Å²) in [6.07, 6.45) is 0. The number of aryl methyl sites for hydroxylation is 2. The average Bonchev–Trinajstić information content (AvgIpc) is 3.29. The van der Waals surface area contributed by atoms with E-state index in [1.807, 2.05) is 38.1 Å². The molecule has 8 heteroatoms. The first-order valence-corrected chi connectivity index (χ1v) is 10.2. The van der Waals surface area contributed by atoms with E-state index in [0.717, 1.165) is 16.7 Å². The summed E-state index contributed by atoms with van der Waals surface area (Å²) < 4.78 is 0. The van der Waals surface area contributed by atoms with Crippen LogP contribution >= 0.6 is 11.3 Å². The average molecular weight is 420 g/mol. The molecule has 0 radical (unpaired) electrons. The maximum atomic E-state index is 12.9. The van der Waals surface area contributed by atoms with E-state index >= 15 is 0 Å². The minimum atomic E-state index is -1.25. The van der Waals surface area contributed by atoms with Crippen molar-refractivity contribution < 1.29 is 14.4 Å².